The van der Waals surface area contributed by atoms with Crippen LogP contribution in [0.25, 0.3) is 0 Å². The van der Waals surface area contributed by atoms with E-state index < -0.39 is 23.6 Å². The summed E-state index contributed by atoms with van der Waals surface area (Å²) >= 11 is 11.7. The predicted molar refractivity (Wildman–Crippen MR) is 79.1 cm³/mol. The fourth-order valence-electron chi connectivity index (χ4n) is 1.88. The van der Waals surface area contributed by atoms with Crippen molar-refractivity contribution >= 4 is 29.1 Å². The van der Waals surface area contributed by atoms with Gasteiger partial charge >= 0.3 is 0 Å². The largest absolute Gasteiger partial charge is 0.387 e. The SMILES string of the molecule is Cn1c(C(=O)NC[C@H](O)c2ccc(F)c(F)c2)cc(Cl)c1Cl. The highest BCUT2D eigenvalue weighted by molar-refractivity contribution is 6.41. The molecule has 22 heavy (non-hydrogen) atoms. The van der Waals surface area contributed by atoms with Gasteiger partial charge in [0.05, 0.1) is 11.1 Å². The maximum atomic E-state index is 13.1. The molecule has 1 aromatic heterocycles. The highest BCUT2D eigenvalue weighted by atomic mass is 35.5. The van der Waals surface area contributed by atoms with Gasteiger partial charge in [-0.15, -0.1) is 0 Å². The second-order valence-corrected chi connectivity index (χ2v) is 5.39. The number of nitrogens with zero attached hydrogens (tertiary/aromatic N) is 1. The second kappa shape index (κ2) is 6.64. The molecule has 2 N–H and O–H groups in total. The average molecular weight is 349 g/mol. The van der Waals surface area contributed by atoms with Gasteiger partial charge in [0.25, 0.3) is 5.91 Å². The van der Waals surface area contributed by atoms with E-state index in [0.717, 1.165) is 12.1 Å². The molecule has 0 aliphatic heterocycles. The normalized spacial score (nSPS) is 12.3. The summed E-state index contributed by atoms with van der Waals surface area (Å²) in [5.74, 6) is -2.57. The zero-order valence-electron chi connectivity index (χ0n) is 11.4. The van der Waals surface area contributed by atoms with Crippen molar-refractivity contribution < 1.29 is 18.7 Å². The standard InChI is InChI=1S/C14H12Cl2F2N2O2/c1-20-11(5-8(15)13(20)16)14(22)19-6-12(21)7-2-3-9(17)10(18)4-7/h2-5,12,21H,6H2,1H3,(H,19,22)/t12-/m0/s1. The molecule has 0 bridgehead atoms. The van der Waals surface area contributed by atoms with Crippen molar-refractivity contribution in [3.8, 4) is 0 Å². The van der Waals surface area contributed by atoms with Gasteiger partial charge in [-0.3, -0.25) is 4.79 Å². The van der Waals surface area contributed by atoms with Crippen LogP contribution < -0.4 is 5.32 Å². The molecule has 0 saturated carbocycles. The molecule has 0 fully saturated rings. The van der Waals surface area contributed by atoms with Crippen molar-refractivity contribution in [1.29, 1.82) is 0 Å². The topological polar surface area (TPSA) is 54.3 Å². The molecule has 1 atom stereocenters. The lowest BCUT2D eigenvalue weighted by molar-refractivity contribution is 0.0908. The maximum Gasteiger partial charge on any atom is 0.268 e. The number of carbonyl (C=O) groups is 1. The molecule has 0 aliphatic rings. The first-order valence-corrected chi connectivity index (χ1v) is 6.98. The van der Waals surface area contributed by atoms with E-state index in [1.54, 1.807) is 7.05 Å². The molecule has 118 valence electrons. The van der Waals surface area contributed by atoms with Crippen LogP contribution in [-0.4, -0.2) is 22.1 Å². The Kier molecular flexibility index (Phi) is 5.05. The van der Waals surface area contributed by atoms with Gasteiger partial charge in [0.1, 0.15) is 10.8 Å². The van der Waals surface area contributed by atoms with Crippen molar-refractivity contribution in [2.24, 2.45) is 7.05 Å². The summed E-state index contributed by atoms with van der Waals surface area (Å²) in [4.78, 5) is 12.0. The number of rotatable bonds is 4. The third-order valence-electron chi connectivity index (χ3n) is 3.13. The average Bonchev–Trinajstić information content (AvgIpc) is 2.75. The first kappa shape index (κ1) is 16.7. The molecule has 1 aromatic carbocycles. The Hall–Kier alpha value is -1.63. The Balaban J connectivity index is 2.04. The molecular weight excluding hydrogens is 337 g/mol. The monoisotopic (exact) mass is 348 g/mol. The maximum absolute atomic E-state index is 13.1. The van der Waals surface area contributed by atoms with Crippen molar-refractivity contribution in [2.75, 3.05) is 6.54 Å². The minimum atomic E-state index is -1.18. The van der Waals surface area contributed by atoms with E-state index in [1.807, 2.05) is 0 Å². The summed E-state index contributed by atoms with van der Waals surface area (Å²) in [6.07, 6.45) is -1.18. The van der Waals surface area contributed by atoms with E-state index in [0.29, 0.717) is 0 Å². The lowest BCUT2D eigenvalue weighted by atomic mass is 10.1. The number of hydrogen-bond acceptors (Lipinski definition) is 2. The number of benzene rings is 1. The second-order valence-electron chi connectivity index (χ2n) is 4.63. The Labute approximate surface area is 135 Å². The van der Waals surface area contributed by atoms with Gasteiger partial charge < -0.3 is 15.0 Å². The lowest BCUT2D eigenvalue weighted by Gasteiger charge is -2.13. The fourth-order valence-corrected chi connectivity index (χ4v) is 2.25. The van der Waals surface area contributed by atoms with Crippen molar-refractivity contribution in [3.63, 3.8) is 0 Å². The molecule has 8 heteroatoms. The molecule has 4 nitrogen and oxygen atoms in total. The van der Waals surface area contributed by atoms with Gasteiger partial charge in [0.15, 0.2) is 11.6 Å². The van der Waals surface area contributed by atoms with Gasteiger partial charge in [0.2, 0.25) is 0 Å². The number of aliphatic hydroxyl groups excluding tert-OH is 1. The Morgan fingerprint density at radius 1 is 1.32 bits per heavy atom. The smallest absolute Gasteiger partial charge is 0.268 e. The number of halogens is 4. The summed E-state index contributed by atoms with van der Waals surface area (Å²) in [6.45, 7) is -0.176. The summed E-state index contributed by atoms with van der Waals surface area (Å²) < 4.78 is 27.3. The van der Waals surface area contributed by atoms with E-state index >= 15 is 0 Å². The minimum Gasteiger partial charge on any atom is -0.387 e. The van der Waals surface area contributed by atoms with E-state index in [4.69, 9.17) is 23.2 Å². The fraction of sp³-hybridized carbons (Fsp3) is 0.214. The number of aliphatic hydroxyl groups is 1. The molecule has 1 heterocycles. The Morgan fingerprint density at radius 2 is 2.00 bits per heavy atom. The molecular formula is C14H12Cl2F2N2O2. The first-order valence-electron chi connectivity index (χ1n) is 6.23. The molecule has 0 saturated heterocycles. The zero-order valence-corrected chi connectivity index (χ0v) is 12.9. The summed E-state index contributed by atoms with van der Waals surface area (Å²) in [7, 11) is 1.56. The summed E-state index contributed by atoms with van der Waals surface area (Å²) in [5.41, 5.74) is 0.370. The minimum absolute atomic E-state index is 0.155. The number of amides is 1. The molecule has 2 rings (SSSR count). The first-order chi connectivity index (χ1) is 10.3. The molecule has 0 spiro atoms. The van der Waals surface area contributed by atoms with Crippen LogP contribution in [-0.2, 0) is 7.05 Å². The van der Waals surface area contributed by atoms with Crippen molar-refractivity contribution in [1.82, 2.24) is 9.88 Å². The molecule has 1 amide bonds. The van der Waals surface area contributed by atoms with Crippen LogP contribution in [0.1, 0.15) is 22.2 Å². The molecule has 2 aromatic rings. The third kappa shape index (κ3) is 3.40. The van der Waals surface area contributed by atoms with Crippen molar-refractivity contribution in [2.45, 2.75) is 6.10 Å². The van der Waals surface area contributed by atoms with Crippen LogP contribution in [0.15, 0.2) is 24.3 Å². The molecule has 0 unspecified atom stereocenters. The highest BCUT2D eigenvalue weighted by Crippen LogP contribution is 2.25. The van der Waals surface area contributed by atoms with Crippen LogP contribution in [0.3, 0.4) is 0 Å². The molecule has 0 aliphatic carbocycles. The highest BCUT2D eigenvalue weighted by Gasteiger charge is 2.17. The van der Waals surface area contributed by atoms with Crippen LogP contribution >= 0.6 is 23.2 Å². The molecule has 0 radical (unpaired) electrons. The van der Waals surface area contributed by atoms with E-state index in [9.17, 15) is 18.7 Å². The van der Waals surface area contributed by atoms with Crippen LogP contribution in [0.4, 0.5) is 8.78 Å². The van der Waals surface area contributed by atoms with Crippen molar-refractivity contribution in [3.05, 3.63) is 57.3 Å². The van der Waals surface area contributed by atoms with Crippen LogP contribution in [0.2, 0.25) is 10.2 Å². The zero-order chi connectivity index (χ0) is 16.4. The number of carbonyl (C=O) groups excluding carboxylic acids is 1. The summed E-state index contributed by atoms with van der Waals surface area (Å²) in [5, 5.41) is 12.8. The van der Waals surface area contributed by atoms with E-state index in [-0.39, 0.29) is 28.0 Å². The van der Waals surface area contributed by atoms with Gasteiger partial charge in [-0.1, -0.05) is 29.3 Å². The van der Waals surface area contributed by atoms with Crippen LogP contribution in [0.5, 0.6) is 0 Å². The van der Waals surface area contributed by atoms with Gasteiger partial charge in [0, 0.05) is 13.6 Å². The van der Waals surface area contributed by atoms with Gasteiger partial charge in [-0.25, -0.2) is 8.78 Å². The van der Waals surface area contributed by atoms with Gasteiger partial charge in [-0.2, -0.15) is 0 Å². The lowest BCUT2D eigenvalue weighted by Crippen LogP contribution is -2.29. The summed E-state index contributed by atoms with van der Waals surface area (Å²) in [6, 6.07) is 4.42. The van der Waals surface area contributed by atoms with Crippen LogP contribution in [0, 0.1) is 11.6 Å². The number of hydrogen-bond donors (Lipinski definition) is 2. The number of aromatic nitrogens is 1. The quantitative estimate of drug-likeness (QED) is 0.891. The Bertz CT molecular complexity index is 719. The predicted octanol–water partition coefficient (Wildman–Crippen LogP) is 3.07. The third-order valence-corrected chi connectivity index (χ3v) is 3.98. The van der Waals surface area contributed by atoms with Gasteiger partial charge in [-0.05, 0) is 23.8 Å². The number of nitrogens with one attached hydrogen (secondary N) is 1. The van der Waals surface area contributed by atoms with E-state index in [1.165, 1.54) is 16.7 Å². The Morgan fingerprint density at radius 3 is 2.55 bits per heavy atom. The van der Waals surface area contributed by atoms with E-state index in [2.05, 4.69) is 5.32 Å².